The first-order valence-electron chi connectivity index (χ1n) is 7.61. The number of nitrogens with two attached hydrogens (primary N) is 2. The molecule has 13 heteroatoms. The second-order valence-electron chi connectivity index (χ2n) is 5.21. The standard InChI is InChI=1S/C15H17N5O8/c1-6(10(21)19-14(16)25)27-12(23)8-4-3-5-9(18-8)13(24)28-7(2)11(22)20-15(17)26/h3-7H,1-2H3,(H3,16,19,21,25)(H3,17,20,22,26). The van der Waals surface area contributed by atoms with Crippen LogP contribution in [0.5, 0.6) is 0 Å². The lowest BCUT2D eigenvalue weighted by Gasteiger charge is -2.13. The number of aromatic nitrogens is 1. The van der Waals surface area contributed by atoms with Crippen LogP contribution in [-0.2, 0) is 19.1 Å². The lowest BCUT2D eigenvalue weighted by Crippen LogP contribution is -2.42. The second kappa shape index (κ2) is 9.61. The highest BCUT2D eigenvalue weighted by Gasteiger charge is 2.24. The van der Waals surface area contributed by atoms with Crippen molar-refractivity contribution >= 4 is 35.8 Å². The highest BCUT2D eigenvalue weighted by molar-refractivity contribution is 5.99. The predicted octanol–water partition coefficient (Wildman–Crippen LogP) is -1.44. The first-order valence-corrected chi connectivity index (χ1v) is 7.61. The number of carbonyl (C=O) groups excluding carboxylic acids is 6. The van der Waals surface area contributed by atoms with Gasteiger partial charge >= 0.3 is 24.0 Å². The third-order valence-corrected chi connectivity index (χ3v) is 2.97. The molecule has 6 amide bonds. The lowest BCUT2D eigenvalue weighted by atomic mass is 10.3. The average Bonchev–Trinajstić information content (AvgIpc) is 2.60. The Kier molecular flexibility index (Phi) is 7.55. The van der Waals surface area contributed by atoms with E-state index < -0.39 is 48.0 Å². The van der Waals surface area contributed by atoms with Crippen LogP contribution in [0.4, 0.5) is 9.59 Å². The van der Waals surface area contributed by atoms with Gasteiger partial charge < -0.3 is 20.9 Å². The van der Waals surface area contributed by atoms with Crippen molar-refractivity contribution in [3.8, 4) is 0 Å². The molecule has 1 rings (SSSR count). The summed E-state index contributed by atoms with van der Waals surface area (Å²) >= 11 is 0. The summed E-state index contributed by atoms with van der Waals surface area (Å²) in [6.07, 6.45) is -2.73. The van der Waals surface area contributed by atoms with E-state index in [0.29, 0.717) is 0 Å². The molecule has 0 bridgehead atoms. The highest BCUT2D eigenvalue weighted by Crippen LogP contribution is 2.07. The topological polar surface area (TPSA) is 210 Å². The largest absolute Gasteiger partial charge is 0.448 e. The van der Waals surface area contributed by atoms with Gasteiger partial charge in [-0.05, 0) is 26.0 Å². The first kappa shape index (κ1) is 22.0. The number of pyridine rings is 1. The molecule has 0 aliphatic rings. The summed E-state index contributed by atoms with van der Waals surface area (Å²) in [7, 11) is 0. The van der Waals surface area contributed by atoms with Gasteiger partial charge in [0.15, 0.2) is 12.2 Å². The fourth-order valence-electron chi connectivity index (χ4n) is 1.66. The van der Waals surface area contributed by atoms with Crippen LogP contribution in [-0.4, -0.2) is 53.0 Å². The Morgan fingerprint density at radius 1 is 0.821 bits per heavy atom. The Morgan fingerprint density at radius 3 is 1.50 bits per heavy atom. The van der Waals surface area contributed by atoms with Crippen LogP contribution in [0.1, 0.15) is 34.8 Å². The second-order valence-corrected chi connectivity index (χ2v) is 5.21. The molecule has 0 spiro atoms. The smallest absolute Gasteiger partial charge is 0.357 e. The zero-order valence-electron chi connectivity index (χ0n) is 14.8. The van der Waals surface area contributed by atoms with Crippen LogP contribution in [0.25, 0.3) is 0 Å². The van der Waals surface area contributed by atoms with E-state index in [1.807, 2.05) is 0 Å². The quantitative estimate of drug-likeness (QED) is 0.415. The number of primary amides is 2. The summed E-state index contributed by atoms with van der Waals surface area (Å²) in [5.41, 5.74) is 8.88. The minimum atomic E-state index is -1.37. The first-order chi connectivity index (χ1) is 13.0. The van der Waals surface area contributed by atoms with E-state index in [4.69, 9.17) is 20.9 Å². The van der Waals surface area contributed by atoms with Gasteiger partial charge in [0.1, 0.15) is 11.4 Å². The third kappa shape index (κ3) is 6.70. The number of hydrogen-bond donors (Lipinski definition) is 4. The van der Waals surface area contributed by atoms with Gasteiger partial charge in [0, 0.05) is 0 Å². The molecule has 0 aliphatic carbocycles. The van der Waals surface area contributed by atoms with Crippen molar-refractivity contribution in [2.45, 2.75) is 26.1 Å². The number of esters is 2. The number of rotatable bonds is 6. The van der Waals surface area contributed by atoms with Crippen molar-refractivity contribution < 1.29 is 38.2 Å². The molecule has 1 heterocycles. The minimum Gasteiger partial charge on any atom is -0.448 e. The maximum atomic E-state index is 12.0. The van der Waals surface area contributed by atoms with Gasteiger partial charge in [-0.15, -0.1) is 0 Å². The van der Waals surface area contributed by atoms with Gasteiger partial charge in [-0.1, -0.05) is 6.07 Å². The molecule has 0 fully saturated rings. The Hall–Kier alpha value is -4.03. The van der Waals surface area contributed by atoms with Crippen molar-refractivity contribution in [2.75, 3.05) is 0 Å². The van der Waals surface area contributed by atoms with Crippen LogP contribution in [0.2, 0.25) is 0 Å². The van der Waals surface area contributed by atoms with E-state index in [9.17, 15) is 28.8 Å². The number of ether oxygens (including phenoxy) is 2. The summed E-state index contributed by atoms with van der Waals surface area (Å²) in [5, 5.41) is 3.46. The number of nitrogens with one attached hydrogen (secondary N) is 2. The van der Waals surface area contributed by atoms with Gasteiger partial charge in [0.05, 0.1) is 0 Å². The van der Waals surface area contributed by atoms with E-state index in [-0.39, 0.29) is 11.4 Å². The number of nitrogens with zero attached hydrogens (tertiary/aromatic N) is 1. The molecular formula is C15H17N5O8. The molecule has 150 valence electrons. The van der Waals surface area contributed by atoms with E-state index in [0.717, 1.165) is 0 Å². The molecule has 13 nitrogen and oxygen atoms in total. The summed E-state index contributed by atoms with van der Waals surface area (Å²) in [6.45, 7) is 2.38. The van der Waals surface area contributed by atoms with Gasteiger partial charge in [0.2, 0.25) is 0 Å². The molecule has 0 radical (unpaired) electrons. The van der Waals surface area contributed by atoms with Crippen molar-refractivity contribution in [3.05, 3.63) is 29.6 Å². The number of carbonyl (C=O) groups is 6. The lowest BCUT2D eigenvalue weighted by molar-refractivity contribution is -0.128. The van der Waals surface area contributed by atoms with E-state index in [1.165, 1.54) is 32.0 Å². The van der Waals surface area contributed by atoms with E-state index >= 15 is 0 Å². The van der Waals surface area contributed by atoms with Gasteiger partial charge in [-0.2, -0.15) is 0 Å². The molecule has 28 heavy (non-hydrogen) atoms. The Labute approximate surface area is 157 Å². The maximum Gasteiger partial charge on any atom is 0.357 e. The number of amides is 6. The van der Waals surface area contributed by atoms with Gasteiger partial charge in [-0.25, -0.2) is 24.2 Å². The fraction of sp³-hybridized carbons (Fsp3) is 0.267. The SMILES string of the molecule is CC(OC(=O)c1cccc(C(=O)OC(C)C(=O)NC(N)=O)n1)C(=O)NC(N)=O. The summed E-state index contributed by atoms with van der Waals surface area (Å²) in [5.74, 6) is -4.04. The molecule has 1 aromatic rings. The van der Waals surface area contributed by atoms with E-state index in [1.54, 1.807) is 10.6 Å². The molecule has 0 saturated heterocycles. The molecule has 2 unspecified atom stereocenters. The minimum absolute atomic E-state index is 0.345. The zero-order chi connectivity index (χ0) is 21.4. The van der Waals surface area contributed by atoms with Crippen LogP contribution >= 0.6 is 0 Å². The monoisotopic (exact) mass is 395 g/mol. The van der Waals surface area contributed by atoms with Crippen molar-refractivity contribution in [1.82, 2.24) is 15.6 Å². The number of urea groups is 2. The maximum absolute atomic E-state index is 12.0. The van der Waals surface area contributed by atoms with Crippen molar-refractivity contribution in [1.29, 1.82) is 0 Å². The normalized spacial score (nSPS) is 12.1. The third-order valence-electron chi connectivity index (χ3n) is 2.97. The molecule has 0 aromatic carbocycles. The number of hydrogen-bond acceptors (Lipinski definition) is 9. The van der Waals surface area contributed by atoms with Gasteiger partial charge in [0.25, 0.3) is 11.8 Å². The van der Waals surface area contributed by atoms with Crippen LogP contribution in [0.3, 0.4) is 0 Å². The molecule has 2 atom stereocenters. The molecule has 0 aliphatic heterocycles. The predicted molar refractivity (Wildman–Crippen MR) is 89.4 cm³/mol. The molecule has 1 aromatic heterocycles. The summed E-state index contributed by atoms with van der Waals surface area (Å²) < 4.78 is 9.62. The molecule has 6 N–H and O–H groups in total. The Bertz CT molecular complexity index is 761. The van der Waals surface area contributed by atoms with Crippen LogP contribution in [0.15, 0.2) is 18.2 Å². The van der Waals surface area contributed by atoms with E-state index in [2.05, 4.69) is 4.98 Å². The molecular weight excluding hydrogens is 378 g/mol. The summed E-state index contributed by atoms with van der Waals surface area (Å²) in [4.78, 5) is 72.0. The Balaban J connectivity index is 2.79. The van der Waals surface area contributed by atoms with Crippen molar-refractivity contribution in [3.63, 3.8) is 0 Å². The zero-order valence-corrected chi connectivity index (χ0v) is 14.8. The van der Waals surface area contributed by atoms with Gasteiger partial charge in [-0.3, -0.25) is 20.2 Å². The molecule has 0 saturated carbocycles. The highest BCUT2D eigenvalue weighted by atomic mass is 16.6. The summed E-state index contributed by atoms with van der Waals surface area (Å²) in [6, 6.07) is 1.43. The number of imide groups is 2. The van der Waals surface area contributed by atoms with Crippen molar-refractivity contribution in [2.24, 2.45) is 11.5 Å². The Morgan fingerprint density at radius 2 is 1.18 bits per heavy atom. The van der Waals surface area contributed by atoms with Crippen LogP contribution in [0, 0.1) is 0 Å². The fourth-order valence-corrected chi connectivity index (χ4v) is 1.66. The average molecular weight is 395 g/mol. The van der Waals surface area contributed by atoms with Crippen LogP contribution < -0.4 is 22.1 Å².